The van der Waals surface area contributed by atoms with E-state index in [0.29, 0.717) is 40.8 Å². The summed E-state index contributed by atoms with van der Waals surface area (Å²) in [7, 11) is 1.53. The number of nitrogens with one attached hydrogen (secondary N) is 1. The molecule has 12 heteroatoms. The summed E-state index contributed by atoms with van der Waals surface area (Å²) in [5.74, 6) is 0.0679. The van der Waals surface area contributed by atoms with Crippen LogP contribution in [0.1, 0.15) is 34.2 Å². The second-order valence-electron chi connectivity index (χ2n) is 8.79. The highest BCUT2D eigenvalue weighted by atomic mass is 35.5. The van der Waals surface area contributed by atoms with Crippen molar-refractivity contribution in [3.05, 3.63) is 70.5 Å². The van der Waals surface area contributed by atoms with Crippen LogP contribution in [0.2, 0.25) is 5.15 Å². The van der Waals surface area contributed by atoms with Crippen LogP contribution < -0.4 is 14.8 Å². The first-order valence-corrected chi connectivity index (χ1v) is 12.5. The second kappa shape index (κ2) is 10.4. The number of rotatable bonds is 8. The Kier molecular flexibility index (Phi) is 7.00. The summed E-state index contributed by atoms with van der Waals surface area (Å²) in [6.45, 7) is 5.62. The number of anilines is 1. The molecule has 0 spiro atoms. The maximum Gasteiger partial charge on any atom is 0.296 e. The van der Waals surface area contributed by atoms with Gasteiger partial charge in [0.1, 0.15) is 17.5 Å². The molecule has 190 valence electrons. The predicted octanol–water partition coefficient (Wildman–Crippen LogP) is 4.48. The number of methoxy groups -OCH3 is 1. The van der Waals surface area contributed by atoms with E-state index in [0.717, 1.165) is 28.3 Å². The Morgan fingerprint density at radius 1 is 1.14 bits per heavy atom. The van der Waals surface area contributed by atoms with Crippen LogP contribution in [0.4, 0.5) is 5.13 Å². The van der Waals surface area contributed by atoms with Crippen LogP contribution in [-0.4, -0.2) is 51.4 Å². The van der Waals surface area contributed by atoms with E-state index in [2.05, 4.69) is 37.4 Å². The highest BCUT2D eigenvalue weighted by molar-refractivity contribution is 7.17. The molecule has 5 heterocycles. The number of halogens is 1. The van der Waals surface area contributed by atoms with E-state index in [9.17, 15) is 4.79 Å². The van der Waals surface area contributed by atoms with Gasteiger partial charge in [0.25, 0.3) is 11.1 Å². The number of carbonyl (C=O) groups is 1. The lowest BCUT2D eigenvalue weighted by Gasteiger charge is -2.38. The van der Waals surface area contributed by atoms with Crippen LogP contribution in [0.3, 0.4) is 0 Å². The molecule has 4 aromatic rings. The summed E-state index contributed by atoms with van der Waals surface area (Å²) < 4.78 is 16.5. The molecule has 0 radical (unpaired) electrons. The molecule has 10 nitrogen and oxygen atoms in total. The molecule has 0 atom stereocenters. The molecule has 4 aromatic heterocycles. The number of pyridine rings is 3. The fraction of sp³-hybridized carbons (Fsp3) is 0.280. The lowest BCUT2D eigenvalue weighted by atomic mass is 9.82. The van der Waals surface area contributed by atoms with E-state index in [-0.39, 0.29) is 22.3 Å². The Morgan fingerprint density at radius 3 is 2.68 bits per heavy atom. The van der Waals surface area contributed by atoms with Crippen molar-refractivity contribution in [2.75, 3.05) is 25.6 Å². The number of carbonyl (C=O) groups excluding carboxylic acids is 1. The highest BCUT2D eigenvalue weighted by Crippen LogP contribution is 2.35. The predicted molar refractivity (Wildman–Crippen MR) is 138 cm³/mol. The third-order valence-electron chi connectivity index (χ3n) is 5.96. The van der Waals surface area contributed by atoms with Gasteiger partial charge >= 0.3 is 0 Å². The van der Waals surface area contributed by atoms with Gasteiger partial charge in [0.15, 0.2) is 0 Å². The lowest BCUT2D eigenvalue weighted by molar-refractivity contribution is -0.0501. The quantitative estimate of drug-likeness (QED) is 0.323. The SMILES string of the molecule is COc1cnc(Cl)cc1-c1cc(C)ncc1C(=O)Nc1nnc(OCc2ccc(C3(C)COC3)cn2)s1. The summed E-state index contributed by atoms with van der Waals surface area (Å²) in [4.78, 5) is 26.0. The number of ether oxygens (including phenoxy) is 3. The van der Waals surface area contributed by atoms with E-state index in [1.807, 2.05) is 25.3 Å². The smallest absolute Gasteiger partial charge is 0.296 e. The fourth-order valence-electron chi connectivity index (χ4n) is 3.81. The molecule has 0 aromatic carbocycles. The highest BCUT2D eigenvalue weighted by Gasteiger charge is 2.35. The fourth-order valence-corrected chi connectivity index (χ4v) is 4.56. The number of hydrogen-bond donors (Lipinski definition) is 1. The molecule has 1 saturated heterocycles. The van der Waals surface area contributed by atoms with Crippen molar-refractivity contribution in [1.82, 2.24) is 25.1 Å². The minimum absolute atomic E-state index is 0.0281. The van der Waals surface area contributed by atoms with Crippen LogP contribution in [0.5, 0.6) is 10.9 Å². The van der Waals surface area contributed by atoms with Crippen LogP contribution in [-0.2, 0) is 16.8 Å². The van der Waals surface area contributed by atoms with Gasteiger partial charge in [-0.15, -0.1) is 5.10 Å². The monoisotopic (exact) mass is 538 g/mol. The molecule has 1 fully saturated rings. The molecule has 0 bridgehead atoms. The summed E-state index contributed by atoms with van der Waals surface area (Å²) in [5, 5.41) is 11.7. The Hall–Kier alpha value is -3.67. The molecule has 1 N–H and O–H groups in total. The summed E-state index contributed by atoms with van der Waals surface area (Å²) in [6, 6.07) is 7.39. The molecule has 1 amide bonds. The van der Waals surface area contributed by atoms with E-state index in [1.54, 1.807) is 12.1 Å². The van der Waals surface area contributed by atoms with Gasteiger partial charge in [0.05, 0.1) is 37.8 Å². The van der Waals surface area contributed by atoms with Gasteiger partial charge in [-0.1, -0.05) is 29.7 Å². The van der Waals surface area contributed by atoms with E-state index in [4.69, 9.17) is 25.8 Å². The first-order valence-electron chi connectivity index (χ1n) is 11.3. The minimum atomic E-state index is -0.411. The standard InChI is InChI=1S/C25H23ClN6O4S/c1-14-6-17(18-7-21(26)29-10-20(18)34-3)19(9-27-14)22(33)30-23-31-32-24(37-23)36-11-16-5-4-15(8-28-16)25(2)12-35-13-25/h4-10H,11-13H2,1-3H3,(H,30,31,33). The molecular formula is C25H23ClN6O4S. The van der Waals surface area contributed by atoms with Crippen LogP contribution >= 0.6 is 22.9 Å². The van der Waals surface area contributed by atoms with Gasteiger partial charge in [0.2, 0.25) is 5.13 Å². The Labute approximate surface area is 222 Å². The van der Waals surface area contributed by atoms with Crippen molar-refractivity contribution in [2.45, 2.75) is 25.9 Å². The third kappa shape index (κ3) is 5.38. The average Bonchev–Trinajstić information content (AvgIpc) is 3.33. The molecule has 1 aliphatic heterocycles. The zero-order valence-electron chi connectivity index (χ0n) is 20.3. The summed E-state index contributed by atoms with van der Waals surface area (Å²) >= 11 is 7.23. The van der Waals surface area contributed by atoms with E-state index >= 15 is 0 Å². The summed E-state index contributed by atoms with van der Waals surface area (Å²) in [5.41, 5.74) is 4.19. The molecular weight excluding hydrogens is 516 g/mol. The largest absolute Gasteiger partial charge is 0.494 e. The average molecular weight is 539 g/mol. The van der Waals surface area contributed by atoms with Crippen molar-refractivity contribution in [1.29, 1.82) is 0 Å². The number of hydrogen-bond acceptors (Lipinski definition) is 10. The van der Waals surface area contributed by atoms with Crippen molar-refractivity contribution < 1.29 is 19.0 Å². The van der Waals surface area contributed by atoms with Crippen molar-refractivity contribution >= 4 is 34.0 Å². The topological polar surface area (TPSA) is 121 Å². The third-order valence-corrected chi connectivity index (χ3v) is 6.92. The van der Waals surface area contributed by atoms with Gasteiger partial charge < -0.3 is 14.2 Å². The molecule has 0 saturated carbocycles. The first-order chi connectivity index (χ1) is 17.8. The van der Waals surface area contributed by atoms with Gasteiger partial charge in [0, 0.05) is 34.6 Å². The molecule has 5 rings (SSSR count). The Bertz CT molecular complexity index is 1440. The molecule has 37 heavy (non-hydrogen) atoms. The maximum absolute atomic E-state index is 13.2. The zero-order valence-corrected chi connectivity index (χ0v) is 21.9. The molecule has 0 aliphatic carbocycles. The van der Waals surface area contributed by atoms with E-state index < -0.39 is 5.91 Å². The molecule has 0 unspecified atom stereocenters. The Morgan fingerprint density at radius 2 is 1.97 bits per heavy atom. The number of aryl methyl sites for hydroxylation is 1. The van der Waals surface area contributed by atoms with Gasteiger partial charge in [-0.2, -0.15) is 0 Å². The van der Waals surface area contributed by atoms with Crippen molar-refractivity contribution in [3.8, 4) is 22.1 Å². The van der Waals surface area contributed by atoms with Crippen molar-refractivity contribution in [3.63, 3.8) is 0 Å². The van der Waals surface area contributed by atoms with Crippen LogP contribution in [0, 0.1) is 6.92 Å². The van der Waals surface area contributed by atoms with Crippen LogP contribution in [0.15, 0.2) is 42.9 Å². The Balaban J connectivity index is 1.27. The maximum atomic E-state index is 13.2. The molecule has 1 aliphatic rings. The normalized spacial score (nSPS) is 14.1. The number of amides is 1. The van der Waals surface area contributed by atoms with Gasteiger partial charge in [-0.05, 0) is 42.0 Å². The zero-order chi connectivity index (χ0) is 26.0. The number of nitrogens with zero attached hydrogens (tertiary/aromatic N) is 5. The number of aromatic nitrogens is 5. The lowest BCUT2D eigenvalue weighted by Crippen LogP contribution is -2.43. The van der Waals surface area contributed by atoms with Crippen LogP contribution in [0.25, 0.3) is 11.1 Å². The van der Waals surface area contributed by atoms with Gasteiger partial charge in [-0.25, -0.2) is 4.98 Å². The van der Waals surface area contributed by atoms with Gasteiger partial charge in [-0.3, -0.25) is 20.1 Å². The second-order valence-corrected chi connectivity index (χ2v) is 10.1. The van der Waals surface area contributed by atoms with E-state index in [1.165, 1.54) is 19.5 Å². The minimum Gasteiger partial charge on any atom is -0.494 e. The first kappa shape index (κ1) is 25.0. The van der Waals surface area contributed by atoms with Crippen molar-refractivity contribution in [2.24, 2.45) is 0 Å². The summed E-state index contributed by atoms with van der Waals surface area (Å²) in [6.07, 6.45) is 4.86.